The van der Waals surface area contributed by atoms with Crippen LogP contribution in [0, 0.1) is 19.7 Å². The van der Waals surface area contributed by atoms with Crippen molar-refractivity contribution >= 4 is 29.2 Å². The van der Waals surface area contributed by atoms with Crippen LogP contribution in [0.1, 0.15) is 39.0 Å². The number of hydrogen-bond acceptors (Lipinski definition) is 3. The predicted octanol–water partition coefficient (Wildman–Crippen LogP) is 4.51. The molecule has 0 fully saturated rings. The molecule has 0 aliphatic heterocycles. The number of aromatic nitrogens is 1. The molecule has 0 aliphatic carbocycles. The Bertz CT molecular complexity index is 874. The van der Waals surface area contributed by atoms with Gasteiger partial charge >= 0.3 is 5.97 Å². The van der Waals surface area contributed by atoms with E-state index in [0.29, 0.717) is 34.7 Å². The highest BCUT2D eigenvalue weighted by molar-refractivity contribution is 6.31. The molecule has 0 unspecified atom stereocenters. The highest BCUT2D eigenvalue weighted by Gasteiger charge is 2.26. The summed E-state index contributed by atoms with van der Waals surface area (Å²) >= 11 is 5.75. The minimum Gasteiger partial charge on any atom is -0.461 e. The van der Waals surface area contributed by atoms with Gasteiger partial charge in [-0.1, -0.05) is 17.7 Å². The summed E-state index contributed by atoms with van der Waals surface area (Å²) in [7, 11) is 0. The summed E-state index contributed by atoms with van der Waals surface area (Å²) < 4.78 is 20.1. The molecule has 1 heterocycles. The summed E-state index contributed by atoms with van der Waals surface area (Å²) in [6.45, 7) is 9.42. The Labute approximate surface area is 156 Å². The van der Waals surface area contributed by atoms with Crippen LogP contribution in [0.2, 0.25) is 5.02 Å². The van der Waals surface area contributed by atoms with Crippen LogP contribution in [0.3, 0.4) is 0 Å². The first-order chi connectivity index (χ1) is 12.3. The lowest BCUT2D eigenvalue weighted by Gasteiger charge is -2.09. The first kappa shape index (κ1) is 19.7. The molecule has 26 heavy (non-hydrogen) atoms. The Hall–Kier alpha value is -2.60. The molecule has 138 valence electrons. The predicted molar refractivity (Wildman–Crippen MR) is 99.4 cm³/mol. The van der Waals surface area contributed by atoms with Crippen LogP contribution in [-0.2, 0) is 11.3 Å². The van der Waals surface area contributed by atoms with Gasteiger partial charge in [0.2, 0.25) is 0 Å². The lowest BCUT2D eigenvalue weighted by Crippen LogP contribution is -2.14. The molecule has 2 aromatic rings. The fourth-order valence-electron chi connectivity index (χ4n) is 2.82. The monoisotopic (exact) mass is 378 g/mol. The zero-order chi connectivity index (χ0) is 19.4. The Morgan fingerprint density at radius 1 is 1.38 bits per heavy atom. The van der Waals surface area contributed by atoms with E-state index in [1.807, 2.05) is 0 Å². The lowest BCUT2D eigenvalue weighted by molar-refractivity contribution is 0.0513. The van der Waals surface area contributed by atoms with Crippen molar-refractivity contribution in [3.8, 4) is 0 Å². The van der Waals surface area contributed by atoms with Crippen LogP contribution < -0.4 is 5.32 Å². The number of hydrogen-bond donors (Lipinski definition) is 1. The van der Waals surface area contributed by atoms with E-state index in [1.54, 1.807) is 31.4 Å². The summed E-state index contributed by atoms with van der Waals surface area (Å²) in [5.74, 6) is -1.49. The van der Waals surface area contributed by atoms with Gasteiger partial charge in [-0.25, -0.2) is 9.18 Å². The first-order valence-electron chi connectivity index (χ1n) is 8.05. The molecular weight excluding hydrogens is 359 g/mol. The maximum Gasteiger partial charge on any atom is 0.355 e. The summed E-state index contributed by atoms with van der Waals surface area (Å²) in [5.41, 5.74) is 2.14. The number of allylic oxidation sites excluding steroid dienone is 1. The van der Waals surface area contributed by atoms with Gasteiger partial charge in [0.25, 0.3) is 5.91 Å². The number of nitrogens with one attached hydrogen (secondary N) is 1. The number of ether oxygens (including phenoxy) is 1. The Morgan fingerprint density at radius 3 is 2.65 bits per heavy atom. The van der Waals surface area contributed by atoms with Gasteiger partial charge in [-0.05, 0) is 44.5 Å². The number of halogens is 2. The van der Waals surface area contributed by atoms with Crippen molar-refractivity contribution in [2.24, 2.45) is 0 Å². The van der Waals surface area contributed by atoms with E-state index >= 15 is 0 Å². The van der Waals surface area contributed by atoms with Crippen molar-refractivity contribution in [3.63, 3.8) is 0 Å². The van der Waals surface area contributed by atoms with E-state index in [2.05, 4.69) is 11.9 Å². The van der Waals surface area contributed by atoms with E-state index in [9.17, 15) is 14.0 Å². The molecule has 0 saturated carbocycles. The van der Waals surface area contributed by atoms with Gasteiger partial charge in [-0.15, -0.1) is 6.58 Å². The van der Waals surface area contributed by atoms with Crippen LogP contribution in [0.25, 0.3) is 0 Å². The largest absolute Gasteiger partial charge is 0.461 e. The number of anilines is 1. The van der Waals surface area contributed by atoms with Gasteiger partial charge in [0, 0.05) is 17.9 Å². The number of benzene rings is 1. The second kappa shape index (κ2) is 8.19. The average Bonchev–Trinajstić information content (AvgIpc) is 2.82. The Kier molecular flexibility index (Phi) is 6.21. The minimum absolute atomic E-state index is 0.0901. The number of carbonyl (C=O) groups excluding carboxylic acids is 2. The molecule has 7 heteroatoms. The number of rotatable bonds is 6. The zero-order valence-corrected chi connectivity index (χ0v) is 15.6. The second-order valence-corrected chi connectivity index (χ2v) is 6.04. The van der Waals surface area contributed by atoms with Crippen LogP contribution in [0.5, 0.6) is 0 Å². The number of esters is 1. The van der Waals surface area contributed by atoms with E-state index in [1.165, 1.54) is 18.2 Å². The smallest absolute Gasteiger partial charge is 0.355 e. The summed E-state index contributed by atoms with van der Waals surface area (Å²) in [4.78, 5) is 25.1. The Balaban J connectivity index is 2.45. The van der Waals surface area contributed by atoms with Gasteiger partial charge in [0.1, 0.15) is 11.5 Å². The van der Waals surface area contributed by atoms with Gasteiger partial charge in [0.05, 0.1) is 17.2 Å². The van der Waals surface area contributed by atoms with E-state index < -0.39 is 17.7 Å². The Morgan fingerprint density at radius 2 is 2.08 bits per heavy atom. The van der Waals surface area contributed by atoms with E-state index in [0.717, 1.165) is 0 Å². The molecule has 2 rings (SSSR count). The summed E-state index contributed by atoms with van der Waals surface area (Å²) in [5, 5.41) is 2.59. The minimum atomic E-state index is -0.571. The van der Waals surface area contributed by atoms with Crippen LogP contribution >= 0.6 is 11.6 Å². The highest BCUT2D eigenvalue weighted by Crippen LogP contribution is 2.26. The molecule has 0 saturated heterocycles. The summed E-state index contributed by atoms with van der Waals surface area (Å²) in [6, 6.07) is 3.91. The van der Waals surface area contributed by atoms with Crippen molar-refractivity contribution < 1.29 is 18.7 Å². The van der Waals surface area contributed by atoms with Crippen LogP contribution in [0.4, 0.5) is 10.1 Å². The summed E-state index contributed by atoms with van der Waals surface area (Å²) in [6.07, 6.45) is 1.64. The fourth-order valence-corrected chi connectivity index (χ4v) is 3.00. The third kappa shape index (κ3) is 3.80. The van der Waals surface area contributed by atoms with Gasteiger partial charge in [0.15, 0.2) is 0 Å². The molecule has 0 bridgehead atoms. The SMILES string of the molecule is C=CCn1c(C)c(C(=O)Nc2ccc(F)c(Cl)c2)c(C)c1C(=O)OCC. The fraction of sp³-hybridized carbons (Fsp3) is 0.263. The maximum absolute atomic E-state index is 13.3. The van der Waals surface area contributed by atoms with Gasteiger partial charge < -0.3 is 14.6 Å². The van der Waals surface area contributed by atoms with Crippen molar-refractivity contribution in [2.75, 3.05) is 11.9 Å². The molecule has 1 N–H and O–H groups in total. The van der Waals surface area contributed by atoms with E-state index in [4.69, 9.17) is 16.3 Å². The molecule has 0 atom stereocenters. The van der Waals surface area contributed by atoms with E-state index in [-0.39, 0.29) is 11.6 Å². The zero-order valence-electron chi connectivity index (χ0n) is 14.9. The highest BCUT2D eigenvalue weighted by atomic mass is 35.5. The van der Waals surface area contributed by atoms with Crippen molar-refractivity contribution in [2.45, 2.75) is 27.3 Å². The molecule has 1 aromatic carbocycles. The van der Waals surface area contributed by atoms with Crippen molar-refractivity contribution in [3.05, 3.63) is 64.2 Å². The molecule has 0 aliphatic rings. The number of amides is 1. The molecule has 0 radical (unpaired) electrons. The topological polar surface area (TPSA) is 60.3 Å². The number of nitrogens with zero attached hydrogens (tertiary/aromatic N) is 1. The lowest BCUT2D eigenvalue weighted by atomic mass is 10.1. The number of carbonyl (C=O) groups is 2. The molecule has 0 spiro atoms. The molecule has 1 amide bonds. The first-order valence-corrected chi connectivity index (χ1v) is 8.43. The average molecular weight is 379 g/mol. The van der Waals surface area contributed by atoms with Crippen molar-refractivity contribution in [1.29, 1.82) is 0 Å². The standard InChI is InChI=1S/C19H20ClFN2O3/c1-5-9-23-12(4)16(11(3)17(23)19(25)26-6-2)18(24)22-13-7-8-15(21)14(20)10-13/h5,7-8,10H,1,6,9H2,2-4H3,(H,22,24). The molecule has 1 aromatic heterocycles. The molecular formula is C19H20ClFN2O3. The van der Waals surface area contributed by atoms with Crippen LogP contribution in [0.15, 0.2) is 30.9 Å². The van der Waals surface area contributed by atoms with Gasteiger partial charge in [-0.3, -0.25) is 4.79 Å². The van der Waals surface area contributed by atoms with Crippen molar-refractivity contribution in [1.82, 2.24) is 4.57 Å². The third-order valence-corrected chi connectivity index (χ3v) is 4.24. The normalized spacial score (nSPS) is 10.5. The van der Waals surface area contributed by atoms with Gasteiger partial charge in [-0.2, -0.15) is 0 Å². The third-order valence-electron chi connectivity index (χ3n) is 3.95. The molecule has 5 nitrogen and oxygen atoms in total. The second-order valence-electron chi connectivity index (χ2n) is 5.64. The quantitative estimate of drug-likeness (QED) is 0.594. The van der Waals surface area contributed by atoms with Crippen LogP contribution in [-0.4, -0.2) is 23.1 Å². The maximum atomic E-state index is 13.3.